The van der Waals surface area contributed by atoms with Crippen LogP contribution in [0.2, 0.25) is 0 Å². The van der Waals surface area contributed by atoms with Crippen LogP contribution in [0, 0.1) is 6.92 Å². The second kappa shape index (κ2) is 7.83. The molecular formula is C16H26N4OS. The lowest BCUT2D eigenvalue weighted by atomic mass is 10.2. The Hall–Kier alpha value is -1.27. The van der Waals surface area contributed by atoms with Crippen LogP contribution in [-0.2, 0) is 11.3 Å². The van der Waals surface area contributed by atoms with Crippen molar-refractivity contribution in [3.05, 3.63) is 17.6 Å². The molecular weight excluding hydrogens is 296 g/mol. The van der Waals surface area contributed by atoms with E-state index in [-0.39, 0.29) is 6.10 Å². The van der Waals surface area contributed by atoms with E-state index in [4.69, 9.17) is 15.5 Å². The van der Waals surface area contributed by atoms with E-state index in [1.807, 2.05) is 24.9 Å². The van der Waals surface area contributed by atoms with Gasteiger partial charge in [0.25, 0.3) is 0 Å². The Morgan fingerprint density at radius 3 is 2.82 bits per heavy atom. The Bertz CT molecular complexity index is 626. The van der Waals surface area contributed by atoms with Gasteiger partial charge in [-0.05, 0) is 44.3 Å². The van der Waals surface area contributed by atoms with Crippen molar-refractivity contribution in [2.24, 2.45) is 0 Å². The molecule has 22 heavy (non-hydrogen) atoms. The van der Waals surface area contributed by atoms with E-state index in [2.05, 4.69) is 22.7 Å². The number of nitrogen functional groups attached to an aromatic ring is 1. The molecule has 0 saturated carbocycles. The Morgan fingerprint density at radius 1 is 1.36 bits per heavy atom. The molecule has 0 aliphatic heterocycles. The lowest BCUT2D eigenvalue weighted by Gasteiger charge is -2.14. The summed E-state index contributed by atoms with van der Waals surface area (Å²) < 4.78 is 7.74. The number of thioether (sulfide) groups is 1. The van der Waals surface area contributed by atoms with Gasteiger partial charge in [0.2, 0.25) is 0 Å². The molecule has 0 saturated heterocycles. The van der Waals surface area contributed by atoms with E-state index >= 15 is 0 Å². The predicted octanol–water partition coefficient (Wildman–Crippen LogP) is 3.56. The molecule has 2 rings (SSSR count). The van der Waals surface area contributed by atoms with Crippen molar-refractivity contribution in [3.8, 4) is 0 Å². The number of anilines is 1. The Morgan fingerprint density at radius 2 is 2.14 bits per heavy atom. The van der Waals surface area contributed by atoms with E-state index in [0.717, 1.165) is 35.4 Å². The van der Waals surface area contributed by atoms with Gasteiger partial charge >= 0.3 is 0 Å². The van der Waals surface area contributed by atoms with Gasteiger partial charge in [-0.2, -0.15) is 11.8 Å². The SMILES string of the molecule is COC(C)c1nc2c(N)ncc(C)c2n1CCCCCSC. The molecule has 0 amide bonds. The summed E-state index contributed by atoms with van der Waals surface area (Å²) in [5.41, 5.74) is 9.01. The van der Waals surface area contributed by atoms with Crippen LogP contribution in [-0.4, -0.2) is 33.7 Å². The number of nitrogens with two attached hydrogens (primary N) is 1. The number of aryl methyl sites for hydroxylation is 2. The molecule has 2 aromatic rings. The highest BCUT2D eigenvalue weighted by Gasteiger charge is 2.19. The maximum absolute atomic E-state index is 6.01. The van der Waals surface area contributed by atoms with E-state index in [9.17, 15) is 0 Å². The topological polar surface area (TPSA) is 66.0 Å². The average Bonchev–Trinajstić information content (AvgIpc) is 2.91. The summed E-state index contributed by atoms with van der Waals surface area (Å²) in [6.07, 6.45) is 7.53. The van der Waals surface area contributed by atoms with Gasteiger partial charge < -0.3 is 15.0 Å². The van der Waals surface area contributed by atoms with Gasteiger partial charge in [-0.15, -0.1) is 0 Å². The molecule has 5 nitrogen and oxygen atoms in total. The minimum atomic E-state index is -0.0580. The lowest BCUT2D eigenvalue weighted by molar-refractivity contribution is 0.109. The summed E-state index contributed by atoms with van der Waals surface area (Å²) in [5.74, 6) is 2.65. The molecule has 0 spiro atoms. The highest BCUT2D eigenvalue weighted by Crippen LogP contribution is 2.28. The van der Waals surface area contributed by atoms with Gasteiger partial charge in [-0.3, -0.25) is 0 Å². The van der Waals surface area contributed by atoms with Crippen LogP contribution in [0.4, 0.5) is 5.82 Å². The summed E-state index contributed by atoms with van der Waals surface area (Å²) in [5, 5.41) is 0. The molecule has 0 aromatic carbocycles. The zero-order chi connectivity index (χ0) is 16.1. The predicted molar refractivity (Wildman–Crippen MR) is 94.3 cm³/mol. The third-order valence-electron chi connectivity index (χ3n) is 3.96. The number of rotatable bonds is 8. The normalized spacial score (nSPS) is 12.9. The quantitative estimate of drug-likeness (QED) is 0.753. The van der Waals surface area contributed by atoms with Crippen LogP contribution < -0.4 is 5.73 Å². The molecule has 1 unspecified atom stereocenters. The summed E-state index contributed by atoms with van der Waals surface area (Å²) >= 11 is 1.90. The average molecular weight is 322 g/mol. The largest absolute Gasteiger partial charge is 0.382 e. The highest BCUT2D eigenvalue weighted by molar-refractivity contribution is 7.98. The summed E-state index contributed by atoms with van der Waals surface area (Å²) in [7, 11) is 1.71. The second-order valence-corrected chi connectivity index (χ2v) is 6.56. The Balaban J connectivity index is 2.33. The maximum Gasteiger partial charge on any atom is 0.151 e. The van der Waals surface area contributed by atoms with Crippen molar-refractivity contribution in [1.29, 1.82) is 0 Å². The van der Waals surface area contributed by atoms with Crippen molar-refractivity contribution in [2.45, 2.75) is 45.8 Å². The fraction of sp³-hybridized carbons (Fsp3) is 0.625. The first-order valence-electron chi connectivity index (χ1n) is 7.73. The summed E-state index contributed by atoms with van der Waals surface area (Å²) in [6.45, 7) is 5.02. The molecule has 0 fully saturated rings. The van der Waals surface area contributed by atoms with Crippen molar-refractivity contribution < 1.29 is 4.74 Å². The van der Waals surface area contributed by atoms with E-state index in [1.165, 1.54) is 18.6 Å². The Labute approximate surface area is 136 Å². The van der Waals surface area contributed by atoms with Gasteiger partial charge in [-0.25, -0.2) is 9.97 Å². The fourth-order valence-electron chi connectivity index (χ4n) is 2.67. The number of pyridine rings is 1. The zero-order valence-electron chi connectivity index (χ0n) is 13.9. The van der Waals surface area contributed by atoms with E-state index < -0.39 is 0 Å². The molecule has 2 N–H and O–H groups in total. The summed E-state index contributed by atoms with van der Waals surface area (Å²) in [4.78, 5) is 8.93. The minimum absolute atomic E-state index is 0.0580. The van der Waals surface area contributed by atoms with Gasteiger partial charge in [0.05, 0.1) is 5.52 Å². The van der Waals surface area contributed by atoms with Crippen LogP contribution in [0.3, 0.4) is 0 Å². The molecule has 0 bridgehead atoms. The van der Waals surface area contributed by atoms with Crippen LogP contribution in [0.1, 0.15) is 43.7 Å². The van der Waals surface area contributed by atoms with Crippen LogP contribution in [0.25, 0.3) is 11.0 Å². The van der Waals surface area contributed by atoms with Crippen molar-refractivity contribution in [2.75, 3.05) is 24.9 Å². The van der Waals surface area contributed by atoms with Crippen LogP contribution >= 0.6 is 11.8 Å². The van der Waals surface area contributed by atoms with Crippen LogP contribution in [0.15, 0.2) is 6.20 Å². The number of imidazole rings is 1. The lowest BCUT2D eigenvalue weighted by Crippen LogP contribution is -2.09. The minimum Gasteiger partial charge on any atom is -0.382 e. The van der Waals surface area contributed by atoms with Crippen molar-refractivity contribution in [3.63, 3.8) is 0 Å². The first-order chi connectivity index (χ1) is 10.6. The van der Waals surface area contributed by atoms with E-state index in [1.54, 1.807) is 7.11 Å². The third-order valence-corrected chi connectivity index (χ3v) is 4.65. The summed E-state index contributed by atoms with van der Waals surface area (Å²) in [6, 6.07) is 0. The standard InChI is InChI=1S/C16H26N4OS/c1-11-10-18-15(17)13-14(11)20(8-6-5-7-9-22-4)16(19-13)12(2)21-3/h10,12H,5-9H2,1-4H3,(H2,17,18). The monoisotopic (exact) mass is 322 g/mol. The first-order valence-corrected chi connectivity index (χ1v) is 9.12. The number of unbranched alkanes of at least 4 members (excludes halogenated alkanes) is 2. The number of fused-ring (bicyclic) bond motifs is 1. The number of ether oxygens (including phenoxy) is 1. The second-order valence-electron chi connectivity index (χ2n) is 5.58. The molecule has 1 atom stereocenters. The van der Waals surface area contributed by atoms with E-state index in [0.29, 0.717) is 5.82 Å². The maximum atomic E-state index is 6.01. The van der Waals surface area contributed by atoms with Crippen LogP contribution in [0.5, 0.6) is 0 Å². The number of hydrogen-bond donors (Lipinski definition) is 1. The molecule has 6 heteroatoms. The smallest absolute Gasteiger partial charge is 0.151 e. The van der Waals surface area contributed by atoms with Gasteiger partial charge in [0, 0.05) is 19.9 Å². The molecule has 0 aliphatic carbocycles. The number of nitrogens with zero attached hydrogens (tertiary/aromatic N) is 3. The fourth-order valence-corrected chi connectivity index (χ4v) is 3.17. The zero-order valence-corrected chi connectivity index (χ0v) is 14.7. The molecule has 2 aromatic heterocycles. The molecule has 0 radical (unpaired) electrons. The van der Waals surface area contributed by atoms with Crippen molar-refractivity contribution >= 4 is 28.6 Å². The van der Waals surface area contributed by atoms with Crippen molar-refractivity contribution in [1.82, 2.24) is 14.5 Å². The molecule has 2 heterocycles. The van der Waals surface area contributed by atoms with Gasteiger partial charge in [0.15, 0.2) is 5.82 Å². The molecule has 0 aliphatic rings. The number of aromatic nitrogens is 3. The number of methoxy groups -OCH3 is 1. The van der Waals surface area contributed by atoms with Gasteiger partial charge in [0.1, 0.15) is 17.4 Å². The Kier molecular flexibility index (Phi) is 6.08. The van der Waals surface area contributed by atoms with Gasteiger partial charge in [-0.1, -0.05) is 6.42 Å². The number of hydrogen-bond acceptors (Lipinski definition) is 5. The third kappa shape index (κ3) is 3.55. The highest BCUT2D eigenvalue weighted by atomic mass is 32.2. The molecule has 122 valence electrons. The first kappa shape index (κ1) is 17.1.